The Morgan fingerprint density at radius 1 is 1.43 bits per heavy atom. The molecule has 1 amide bonds. The van der Waals surface area contributed by atoms with E-state index in [2.05, 4.69) is 17.6 Å². The normalized spacial score (nSPS) is 23.6. The first-order chi connectivity index (χ1) is 10.1. The molecule has 1 heterocycles. The average Bonchev–Trinajstić information content (AvgIpc) is 2.49. The Hall–Kier alpha value is -1.42. The van der Waals surface area contributed by atoms with E-state index in [0.717, 1.165) is 44.3 Å². The third-order valence-electron chi connectivity index (χ3n) is 4.40. The van der Waals surface area contributed by atoms with Gasteiger partial charge in [-0.3, -0.25) is 4.79 Å². The smallest absolute Gasteiger partial charge is 0.227 e. The van der Waals surface area contributed by atoms with Gasteiger partial charge in [-0.25, -0.2) is 4.39 Å². The highest BCUT2D eigenvalue weighted by Crippen LogP contribution is 2.32. The highest BCUT2D eigenvalue weighted by Gasteiger charge is 2.39. The van der Waals surface area contributed by atoms with Crippen molar-refractivity contribution >= 4 is 5.91 Å². The number of hydrogen-bond donors (Lipinski definition) is 2. The summed E-state index contributed by atoms with van der Waals surface area (Å²) in [5.41, 5.74) is 0.640. The molecule has 3 nitrogen and oxygen atoms in total. The van der Waals surface area contributed by atoms with Crippen LogP contribution in [0.15, 0.2) is 24.3 Å². The molecular formula is C17H25FN2O. The SMILES string of the molecule is CCCC1(C(=O)NC(C)c2ccc(F)cc2)CCCNC1. The van der Waals surface area contributed by atoms with Gasteiger partial charge in [0.15, 0.2) is 0 Å². The van der Waals surface area contributed by atoms with Crippen molar-refractivity contribution in [2.45, 2.75) is 45.6 Å². The van der Waals surface area contributed by atoms with Crippen molar-refractivity contribution in [3.63, 3.8) is 0 Å². The second kappa shape index (κ2) is 7.03. The summed E-state index contributed by atoms with van der Waals surface area (Å²) < 4.78 is 13.0. The number of halogens is 1. The van der Waals surface area contributed by atoms with E-state index in [9.17, 15) is 9.18 Å². The van der Waals surface area contributed by atoms with Gasteiger partial charge in [0.25, 0.3) is 0 Å². The third-order valence-corrected chi connectivity index (χ3v) is 4.40. The second-order valence-electron chi connectivity index (χ2n) is 6.06. The minimum atomic E-state index is -0.290. The van der Waals surface area contributed by atoms with Crippen LogP contribution in [0.25, 0.3) is 0 Å². The lowest BCUT2D eigenvalue weighted by Crippen LogP contribution is -2.50. The maximum absolute atomic E-state index is 13.0. The molecule has 1 aliphatic heterocycles. The van der Waals surface area contributed by atoms with Crippen molar-refractivity contribution < 1.29 is 9.18 Å². The van der Waals surface area contributed by atoms with Gasteiger partial charge < -0.3 is 10.6 Å². The summed E-state index contributed by atoms with van der Waals surface area (Å²) >= 11 is 0. The molecule has 4 heteroatoms. The van der Waals surface area contributed by atoms with Crippen LogP contribution >= 0.6 is 0 Å². The Bertz CT molecular complexity index is 461. The summed E-state index contributed by atoms with van der Waals surface area (Å²) in [6, 6.07) is 6.22. The third kappa shape index (κ3) is 3.82. The Kier molecular flexibility index (Phi) is 5.34. The number of piperidine rings is 1. The number of carbonyl (C=O) groups is 1. The number of benzene rings is 1. The first-order valence-corrected chi connectivity index (χ1v) is 7.84. The van der Waals surface area contributed by atoms with Crippen molar-refractivity contribution in [3.8, 4) is 0 Å². The molecule has 0 spiro atoms. The molecule has 0 aromatic heterocycles. The van der Waals surface area contributed by atoms with E-state index in [-0.39, 0.29) is 23.2 Å². The fourth-order valence-corrected chi connectivity index (χ4v) is 3.15. The molecule has 21 heavy (non-hydrogen) atoms. The lowest BCUT2D eigenvalue weighted by molar-refractivity contribution is -0.133. The van der Waals surface area contributed by atoms with Gasteiger partial charge in [0.2, 0.25) is 5.91 Å². The molecule has 1 fully saturated rings. The van der Waals surface area contributed by atoms with Crippen molar-refractivity contribution in [2.24, 2.45) is 5.41 Å². The second-order valence-corrected chi connectivity index (χ2v) is 6.06. The lowest BCUT2D eigenvalue weighted by atomic mass is 9.76. The van der Waals surface area contributed by atoms with Crippen LogP contribution in [0.4, 0.5) is 4.39 Å². The minimum absolute atomic E-state index is 0.103. The molecule has 1 saturated heterocycles. The van der Waals surface area contributed by atoms with E-state index in [1.54, 1.807) is 12.1 Å². The fourth-order valence-electron chi connectivity index (χ4n) is 3.15. The van der Waals surface area contributed by atoms with Crippen LogP contribution in [0.5, 0.6) is 0 Å². The molecule has 1 aromatic rings. The quantitative estimate of drug-likeness (QED) is 0.875. The molecule has 1 aliphatic rings. The molecule has 0 saturated carbocycles. The first-order valence-electron chi connectivity index (χ1n) is 7.84. The van der Waals surface area contributed by atoms with Crippen LogP contribution in [0, 0.1) is 11.2 Å². The largest absolute Gasteiger partial charge is 0.349 e. The van der Waals surface area contributed by atoms with Crippen LogP contribution in [-0.4, -0.2) is 19.0 Å². The molecule has 2 rings (SSSR count). The van der Waals surface area contributed by atoms with Crippen LogP contribution in [0.1, 0.15) is 51.1 Å². The van der Waals surface area contributed by atoms with Gasteiger partial charge in [0.1, 0.15) is 5.82 Å². The summed E-state index contributed by atoms with van der Waals surface area (Å²) in [5, 5.41) is 6.46. The summed E-state index contributed by atoms with van der Waals surface area (Å²) in [4.78, 5) is 12.7. The Morgan fingerprint density at radius 3 is 2.71 bits per heavy atom. The van der Waals surface area contributed by atoms with Gasteiger partial charge >= 0.3 is 0 Å². The van der Waals surface area contributed by atoms with Crippen LogP contribution in [-0.2, 0) is 4.79 Å². The van der Waals surface area contributed by atoms with Gasteiger partial charge in [-0.05, 0) is 50.4 Å². The Balaban J connectivity index is 2.05. The molecule has 0 radical (unpaired) electrons. The van der Waals surface area contributed by atoms with Gasteiger partial charge in [-0.2, -0.15) is 0 Å². The zero-order valence-electron chi connectivity index (χ0n) is 12.9. The number of nitrogens with one attached hydrogen (secondary N) is 2. The summed E-state index contributed by atoms with van der Waals surface area (Å²) in [6.07, 6.45) is 3.89. The highest BCUT2D eigenvalue weighted by molar-refractivity contribution is 5.83. The first kappa shape index (κ1) is 16.0. The fraction of sp³-hybridized carbons (Fsp3) is 0.588. The lowest BCUT2D eigenvalue weighted by Gasteiger charge is -2.37. The standard InChI is InChI=1S/C17H25FN2O/c1-3-9-17(10-4-11-19-12-17)16(21)20-13(2)14-5-7-15(18)8-6-14/h5-8,13,19H,3-4,9-12H2,1-2H3,(H,20,21). The van der Waals surface area contributed by atoms with E-state index < -0.39 is 0 Å². The van der Waals surface area contributed by atoms with Gasteiger partial charge in [0.05, 0.1) is 11.5 Å². The number of carbonyl (C=O) groups excluding carboxylic acids is 1. The van der Waals surface area contributed by atoms with E-state index in [4.69, 9.17) is 0 Å². The van der Waals surface area contributed by atoms with Crippen molar-refractivity contribution in [3.05, 3.63) is 35.6 Å². The topological polar surface area (TPSA) is 41.1 Å². The van der Waals surface area contributed by atoms with E-state index >= 15 is 0 Å². The molecule has 2 atom stereocenters. The molecule has 0 bridgehead atoms. The molecule has 1 aromatic carbocycles. The van der Waals surface area contributed by atoms with Crippen molar-refractivity contribution in [1.82, 2.24) is 10.6 Å². The van der Waals surface area contributed by atoms with Gasteiger partial charge in [-0.1, -0.05) is 25.5 Å². The zero-order valence-corrected chi connectivity index (χ0v) is 12.9. The van der Waals surface area contributed by atoms with E-state index in [0.29, 0.717) is 0 Å². The average molecular weight is 292 g/mol. The van der Waals surface area contributed by atoms with Gasteiger partial charge in [0, 0.05) is 6.54 Å². The molecule has 2 N–H and O–H groups in total. The predicted molar refractivity (Wildman–Crippen MR) is 82.4 cm³/mol. The predicted octanol–water partition coefficient (Wildman–Crippen LogP) is 3.17. The molecular weight excluding hydrogens is 267 g/mol. The summed E-state index contributed by atoms with van der Waals surface area (Å²) in [5.74, 6) is -0.135. The van der Waals surface area contributed by atoms with Crippen molar-refractivity contribution in [2.75, 3.05) is 13.1 Å². The summed E-state index contributed by atoms with van der Waals surface area (Å²) in [6.45, 7) is 5.81. The van der Waals surface area contributed by atoms with E-state index in [1.807, 2.05) is 6.92 Å². The van der Waals surface area contributed by atoms with Crippen LogP contribution < -0.4 is 10.6 Å². The summed E-state index contributed by atoms with van der Waals surface area (Å²) in [7, 11) is 0. The van der Waals surface area contributed by atoms with Crippen molar-refractivity contribution in [1.29, 1.82) is 0 Å². The maximum atomic E-state index is 13.0. The Labute approximate surface area is 126 Å². The molecule has 2 unspecified atom stereocenters. The van der Waals surface area contributed by atoms with Gasteiger partial charge in [-0.15, -0.1) is 0 Å². The molecule has 0 aliphatic carbocycles. The van der Waals surface area contributed by atoms with Crippen LogP contribution in [0.3, 0.4) is 0 Å². The monoisotopic (exact) mass is 292 g/mol. The van der Waals surface area contributed by atoms with E-state index in [1.165, 1.54) is 12.1 Å². The number of hydrogen-bond acceptors (Lipinski definition) is 2. The number of rotatable bonds is 5. The highest BCUT2D eigenvalue weighted by atomic mass is 19.1. The molecule has 116 valence electrons. The Morgan fingerprint density at radius 2 is 2.14 bits per heavy atom. The van der Waals surface area contributed by atoms with Crippen LogP contribution in [0.2, 0.25) is 0 Å². The maximum Gasteiger partial charge on any atom is 0.227 e. The number of amides is 1. The zero-order chi connectivity index (χ0) is 15.3. The minimum Gasteiger partial charge on any atom is -0.349 e.